The van der Waals surface area contributed by atoms with Gasteiger partial charge in [-0.2, -0.15) is 4.57 Å². The Kier molecular flexibility index (Phi) is 5.20. The van der Waals surface area contributed by atoms with Crippen LogP contribution in [0.2, 0.25) is 0 Å². The number of fused-ring (bicyclic) bond motifs is 4. The van der Waals surface area contributed by atoms with E-state index in [1.807, 2.05) is 0 Å². The summed E-state index contributed by atoms with van der Waals surface area (Å²) in [6.07, 6.45) is 2.38. The van der Waals surface area contributed by atoms with Crippen molar-refractivity contribution in [2.75, 3.05) is 0 Å². The minimum Gasteiger partial charge on any atom is -0.198 e. The van der Waals surface area contributed by atoms with E-state index in [4.69, 9.17) is 0 Å². The molecule has 0 fully saturated rings. The average Bonchev–Trinajstić information content (AvgIpc) is 3.02. The van der Waals surface area contributed by atoms with E-state index < -0.39 is 0 Å². The van der Waals surface area contributed by atoms with E-state index in [9.17, 15) is 0 Å². The van der Waals surface area contributed by atoms with Gasteiger partial charge < -0.3 is 0 Å². The zero-order valence-corrected chi connectivity index (χ0v) is 21.2. The van der Waals surface area contributed by atoms with Gasteiger partial charge in [-0.15, -0.1) is 0 Å². The predicted octanol–water partition coefficient (Wildman–Crippen LogP) is 8.16. The molecular weight excluding hydrogens is 398 g/mol. The van der Waals surface area contributed by atoms with E-state index >= 15 is 0 Å². The molecule has 1 heterocycles. The first-order valence-corrected chi connectivity index (χ1v) is 12.5. The largest absolute Gasteiger partial charge is 0.220 e. The number of aryl methyl sites for hydroxylation is 2. The minimum absolute atomic E-state index is 0.00915. The van der Waals surface area contributed by atoms with Crippen LogP contribution in [0, 0.1) is 13.8 Å². The molecule has 1 aromatic heterocycles. The molecule has 0 spiro atoms. The normalized spacial score (nSPS) is 14.1. The molecule has 0 bridgehead atoms. The maximum Gasteiger partial charge on any atom is 0.220 e. The number of hydrogen-bond acceptors (Lipinski definition) is 0. The summed E-state index contributed by atoms with van der Waals surface area (Å²) in [7, 11) is 2.21. The molecule has 168 valence electrons. The number of aromatic nitrogens is 1. The van der Waals surface area contributed by atoms with Crippen molar-refractivity contribution in [3.63, 3.8) is 0 Å². The third-order valence-electron chi connectivity index (χ3n) is 8.20. The summed E-state index contributed by atoms with van der Waals surface area (Å²) >= 11 is 0. The summed E-state index contributed by atoms with van der Waals surface area (Å²) in [6, 6.07) is 23.3. The standard InChI is InChI=1S/C32H36N/c1-8-22(9-2)23-14-15-25-24(18-23)17-21(4)33(7)31(25)27-19-30-28(16-20(27)3)26-12-10-11-13-29(26)32(30,5)6/h10-19,22H,8-9H2,1-7H3/q+1. The number of benzene rings is 3. The highest BCUT2D eigenvalue weighted by atomic mass is 14.9. The lowest BCUT2D eigenvalue weighted by Crippen LogP contribution is -2.35. The van der Waals surface area contributed by atoms with Crippen LogP contribution < -0.4 is 4.57 Å². The Morgan fingerprint density at radius 1 is 0.788 bits per heavy atom. The Bertz CT molecular complexity index is 1390. The zero-order valence-electron chi connectivity index (χ0n) is 21.2. The molecule has 1 heteroatoms. The molecule has 33 heavy (non-hydrogen) atoms. The fraction of sp³-hybridized carbons (Fsp3) is 0.344. The molecule has 0 unspecified atom stereocenters. The zero-order chi connectivity index (χ0) is 23.5. The summed E-state index contributed by atoms with van der Waals surface area (Å²) in [5.74, 6) is 0.633. The molecule has 0 atom stereocenters. The highest BCUT2D eigenvalue weighted by molar-refractivity contribution is 5.95. The van der Waals surface area contributed by atoms with Crippen molar-refractivity contribution < 1.29 is 4.57 Å². The van der Waals surface area contributed by atoms with Gasteiger partial charge in [0.15, 0.2) is 5.69 Å². The molecule has 1 nitrogen and oxygen atoms in total. The maximum absolute atomic E-state index is 2.48. The summed E-state index contributed by atoms with van der Waals surface area (Å²) in [5.41, 5.74) is 12.4. The van der Waals surface area contributed by atoms with E-state index in [2.05, 4.69) is 114 Å². The number of nitrogens with zero attached hydrogens (tertiary/aromatic N) is 1. The van der Waals surface area contributed by atoms with Crippen molar-refractivity contribution in [3.05, 3.63) is 88.6 Å². The molecule has 3 aromatic carbocycles. The quantitative estimate of drug-likeness (QED) is 0.285. The molecule has 1 aliphatic rings. The van der Waals surface area contributed by atoms with Crippen LogP contribution in [0.25, 0.3) is 33.2 Å². The van der Waals surface area contributed by atoms with Gasteiger partial charge in [0.05, 0.1) is 10.9 Å². The van der Waals surface area contributed by atoms with Gasteiger partial charge in [0, 0.05) is 18.4 Å². The first kappa shape index (κ1) is 21.9. The molecule has 0 saturated heterocycles. The molecule has 0 saturated carbocycles. The van der Waals surface area contributed by atoms with Gasteiger partial charge >= 0.3 is 0 Å². The molecule has 4 aromatic rings. The number of rotatable bonds is 4. The Morgan fingerprint density at radius 3 is 2.24 bits per heavy atom. The lowest BCUT2D eigenvalue weighted by molar-refractivity contribution is -0.665. The second-order valence-electron chi connectivity index (χ2n) is 10.4. The van der Waals surface area contributed by atoms with Crippen LogP contribution in [0.15, 0.2) is 60.7 Å². The van der Waals surface area contributed by atoms with Crippen molar-refractivity contribution in [1.29, 1.82) is 0 Å². The molecule has 0 radical (unpaired) electrons. The third kappa shape index (κ3) is 3.24. The highest BCUT2D eigenvalue weighted by Gasteiger charge is 2.36. The van der Waals surface area contributed by atoms with Crippen LogP contribution in [0.5, 0.6) is 0 Å². The molecule has 0 N–H and O–H groups in total. The predicted molar refractivity (Wildman–Crippen MR) is 141 cm³/mol. The summed E-state index contributed by atoms with van der Waals surface area (Å²) in [6.45, 7) is 13.8. The Hall–Kier alpha value is -2.93. The third-order valence-corrected chi connectivity index (χ3v) is 8.20. The molecule has 0 amide bonds. The van der Waals surface area contributed by atoms with Crippen molar-refractivity contribution in [1.82, 2.24) is 0 Å². The minimum atomic E-state index is 0.00915. The van der Waals surface area contributed by atoms with Crippen LogP contribution in [0.4, 0.5) is 0 Å². The number of hydrogen-bond donors (Lipinski definition) is 0. The lowest BCUT2D eigenvalue weighted by Gasteiger charge is -2.22. The fourth-order valence-electron chi connectivity index (χ4n) is 6.05. The van der Waals surface area contributed by atoms with Gasteiger partial charge in [0.1, 0.15) is 7.05 Å². The van der Waals surface area contributed by atoms with Crippen LogP contribution in [-0.2, 0) is 12.5 Å². The Balaban J connectivity index is 1.77. The van der Waals surface area contributed by atoms with Crippen molar-refractivity contribution in [3.8, 4) is 22.4 Å². The van der Waals surface area contributed by atoms with Crippen LogP contribution >= 0.6 is 0 Å². The molecular formula is C32H36N+. The van der Waals surface area contributed by atoms with E-state index in [0.29, 0.717) is 5.92 Å². The first-order chi connectivity index (χ1) is 15.8. The van der Waals surface area contributed by atoms with Gasteiger partial charge in [0.2, 0.25) is 5.69 Å². The van der Waals surface area contributed by atoms with E-state index in [1.165, 1.54) is 73.9 Å². The van der Waals surface area contributed by atoms with Gasteiger partial charge in [-0.3, -0.25) is 0 Å². The number of pyridine rings is 1. The Morgan fingerprint density at radius 2 is 1.52 bits per heavy atom. The van der Waals surface area contributed by atoms with E-state index in [0.717, 1.165) is 0 Å². The fourth-order valence-corrected chi connectivity index (χ4v) is 6.05. The maximum atomic E-state index is 2.48. The molecule has 1 aliphatic carbocycles. The van der Waals surface area contributed by atoms with Crippen LogP contribution in [0.1, 0.15) is 74.4 Å². The van der Waals surface area contributed by atoms with E-state index in [1.54, 1.807) is 0 Å². The lowest BCUT2D eigenvalue weighted by atomic mass is 9.81. The van der Waals surface area contributed by atoms with Gasteiger partial charge in [-0.25, -0.2) is 0 Å². The van der Waals surface area contributed by atoms with Crippen molar-refractivity contribution >= 4 is 10.8 Å². The van der Waals surface area contributed by atoms with Gasteiger partial charge in [-0.1, -0.05) is 70.2 Å². The van der Waals surface area contributed by atoms with Crippen LogP contribution in [-0.4, -0.2) is 0 Å². The topological polar surface area (TPSA) is 3.88 Å². The average molecular weight is 435 g/mol. The summed E-state index contributed by atoms with van der Waals surface area (Å²) < 4.78 is 2.38. The monoisotopic (exact) mass is 434 g/mol. The van der Waals surface area contributed by atoms with Crippen LogP contribution in [0.3, 0.4) is 0 Å². The Labute approximate surface area is 199 Å². The van der Waals surface area contributed by atoms with Crippen molar-refractivity contribution in [2.45, 2.75) is 65.7 Å². The van der Waals surface area contributed by atoms with Gasteiger partial charge in [0.25, 0.3) is 0 Å². The SMILES string of the molecule is CCC(CC)c1ccc2c(-c3cc4c(cc3C)-c3ccccc3C4(C)C)[n+](C)c(C)cc2c1. The van der Waals surface area contributed by atoms with E-state index in [-0.39, 0.29) is 5.41 Å². The van der Waals surface area contributed by atoms with Gasteiger partial charge in [-0.05, 0) is 76.6 Å². The smallest absolute Gasteiger partial charge is 0.198 e. The highest BCUT2D eigenvalue weighted by Crippen LogP contribution is 2.50. The second-order valence-corrected chi connectivity index (χ2v) is 10.4. The summed E-state index contributed by atoms with van der Waals surface area (Å²) in [5, 5.41) is 2.70. The molecule has 0 aliphatic heterocycles. The first-order valence-electron chi connectivity index (χ1n) is 12.5. The van der Waals surface area contributed by atoms with Crippen molar-refractivity contribution in [2.24, 2.45) is 7.05 Å². The second kappa shape index (κ2) is 7.83. The summed E-state index contributed by atoms with van der Waals surface area (Å²) in [4.78, 5) is 0. The molecule has 5 rings (SSSR count).